The van der Waals surface area contributed by atoms with Crippen LogP contribution in [0.5, 0.6) is 0 Å². The molecule has 0 saturated heterocycles. The molecule has 2 heterocycles. The molecule has 39 heavy (non-hydrogen) atoms. The first-order chi connectivity index (χ1) is 18.6. The quantitative estimate of drug-likeness (QED) is 0.277. The number of benzene rings is 2. The van der Waals surface area contributed by atoms with Gasteiger partial charge < -0.3 is 10.2 Å². The van der Waals surface area contributed by atoms with Crippen LogP contribution in [0.4, 0.5) is 14.6 Å². The van der Waals surface area contributed by atoms with Gasteiger partial charge in [-0.15, -0.1) is 0 Å². The number of oxazole rings is 1. The summed E-state index contributed by atoms with van der Waals surface area (Å²) in [5, 5.41) is 0. The summed E-state index contributed by atoms with van der Waals surface area (Å²) in [6, 6.07) is 12.1. The first kappa shape index (κ1) is 26.6. The number of aromatic nitrogens is 2. The molecule has 8 nitrogen and oxygen atoms in total. The molecule has 1 aliphatic rings. The van der Waals surface area contributed by atoms with E-state index < -0.39 is 38.5 Å². The molecule has 202 valence electrons. The van der Waals surface area contributed by atoms with Gasteiger partial charge in [0.2, 0.25) is 5.95 Å². The lowest BCUT2D eigenvalue weighted by atomic mass is 9.85. The molecule has 0 radical (unpaired) electrons. The Kier molecular flexibility index (Phi) is 7.25. The zero-order valence-electron chi connectivity index (χ0n) is 21.0. The van der Waals surface area contributed by atoms with Gasteiger partial charge in [-0.2, -0.15) is 4.39 Å². The van der Waals surface area contributed by atoms with Gasteiger partial charge in [-0.3, -0.25) is 9.29 Å². The Balaban J connectivity index is 1.51. The van der Waals surface area contributed by atoms with Gasteiger partial charge in [0.05, 0.1) is 11.6 Å². The van der Waals surface area contributed by atoms with E-state index in [0.29, 0.717) is 5.56 Å². The van der Waals surface area contributed by atoms with Crippen LogP contribution in [0.15, 0.2) is 68.7 Å². The summed E-state index contributed by atoms with van der Waals surface area (Å²) in [7, 11) is -4.51. The summed E-state index contributed by atoms with van der Waals surface area (Å²) in [6.07, 6.45) is 4.05. The van der Waals surface area contributed by atoms with Crippen molar-refractivity contribution in [2.45, 2.75) is 49.6 Å². The van der Waals surface area contributed by atoms with Gasteiger partial charge in [-0.25, -0.2) is 22.6 Å². The average molecular weight is 553 g/mol. The number of nitrogens with one attached hydrogen (secondary N) is 1. The van der Waals surface area contributed by atoms with E-state index >= 15 is 4.39 Å². The van der Waals surface area contributed by atoms with Crippen LogP contribution in [0, 0.1) is 29.5 Å². The van der Waals surface area contributed by atoms with Crippen LogP contribution in [0.25, 0.3) is 11.1 Å². The highest BCUT2D eigenvalue weighted by Gasteiger charge is 2.26. The number of anilines is 1. The van der Waals surface area contributed by atoms with Gasteiger partial charge in [0.1, 0.15) is 16.5 Å². The van der Waals surface area contributed by atoms with E-state index in [1.807, 2.05) is 29.0 Å². The molecule has 0 unspecified atom stereocenters. The fourth-order valence-corrected chi connectivity index (χ4v) is 5.97. The van der Waals surface area contributed by atoms with Gasteiger partial charge in [-0.1, -0.05) is 48.9 Å². The average Bonchev–Trinajstić information content (AvgIpc) is 3.21. The Bertz CT molecular complexity index is 1770. The van der Waals surface area contributed by atoms with Crippen molar-refractivity contribution < 1.29 is 21.6 Å². The maximum atomic E-state index is 15.2. The lowest BCUT2D eigenvalue weighted by Crippen LogP contribution is -2.32. The lowest BCUT2D eigenvalue weighted by molar-refractivity contribution is 0.372. The zero-order chi connectivity index (χ0) is 27.7. The van der Waals surface area contributed by atoms with Crippen molar-refractivity contribution in [2.24, 2.45) is 11.7 Å². The molecule has 0 amide bonds. The van der Waals surface area contributed by atoms with E-state index in [1.165, 1.54) is 16.7 Å². The Labute approximate surface area is 223 Å². The number of rotatable bonds is 5. The lowest BCUT2D eigenvalue weighted by Gasteiger charge is -2.24. The smallest absolute Gasteiger partial charge is 0.408 e. The van der Waals surface area contributed by atoms with Crippen LogP contribution in [0.2, 0.25) is 0 Å². The highest BCUT2D eigenvalue weighted by atomic mass is 32.2. The van der Waals surface area contributed by atoms with Crippen LogP contribution in [-0.2, 0) is 10.0 Å². The molecule has 5 rings (SSSR count). The van der Waals surface area contributed by atoms with Crippen molar-refractivity contribution in [1.29, 1.82) is 0 Å². The maximum Gasteiger partial charge on any atom is 0.420 e. The first-order valence-electron chi connectivity index (χ1n) is 12.5. The second-order valence-corrected chi connectivity index (χ2v) is 11.2. The fraction of sp³-hybridized carbons (Fsp3) is 0.286. The predicted octanol–water partition coefficient (Wildman–Crippen LogP) is 4.55. The normalized spacial score (nSPS) is 18.4. The molecule has 3 atom stereocenters. The second-order valence-electron chi connectivity index (χ2n) is 9.53. The summed E-state index contributed by atoms with van der Waals surface area (Å²) in [5.41, 5.74) is 7.61. The number of halogens is 2. The van der Waals surface area contributed by atoms with Crippen molar-refractivity contribution >= 4 is 26.9 Å². The highest BCUT2D eigenvalue weighted by Crippen LogP contribution is 2.29. The minimum absolute atomic E-state index is 0.0240. The maximum absolute atomic E-state index is 15.2. The monoisotopic (exact) mass is 552 g/mol. The Morgan fingerprint density at radius 1 is 1.13 bits per heavy atom. The van der Waals surface area contributed by atoms with Gasteiger partial charge in [0, 0.05) is 29.7 Å². The minimum atomic E-state index is -4.51. The Hall–Kier alpha value is -4.01. The summed E-state index contributed by atoms with van der Waals surface area (Å²) >= 11 is 0. The van der Waals surface area contributed by atoms with E-state index in [1.54, 1.807) is 6.92 Å². The van der Waals surface area contributed by atoms with E-state index in [0.717, 1.165) is 49.4 Å². The van der Waals surface area contributed by atoms with Crippen LogP contribution < -0.4 is 16.2 Å². The number of pyridine rings is 1. The van der Waals surface area contributed by atoms with Crippen molar-refractivity contribution in [3.05, 3.63) is 88.0 Å². The van der Waals surface area contributed by atoms with Crippen LogP contribution in [0.1, 0.15) is 49.8 Å². The van der Waals surface area contributed by atoms with Crippen molar-refractivity contribution in [2.75, 3.05) is 4.72 Å². The molecule has 0 bridgehead atoms. The molecule has 0 aliphatic heterocycles. The summed E-state index contributed by atoms with van der Waals surface area (Å²) in [4.78, 5) is 15.6. The molecule has 4 aromatic rings. The third kappa shape index (κ3) is 5.44. The molecule has 1 aliphatic carbocycles. The molecule has 1 saturated carbocycles. The fourth-order valence-electron chi connectivity index (χ4n) is 4.89. The Morgan fingerprint density at radius 2 is 1.90 bits per heavy atom. The van der Waals surface area contributed by atoms with E-state index in [-0.39, 0.29) is 28.9 Å². The summed E-state index contributed by atoms with van der Waals surface area (Å²) in [5.74, 6) is 3.46. The van der Waals surface area contributed by atoms with Crippen LogP contribution in [0.3, 0.4) is 0 Å². The number of nitrogens with two attached hydrogens (primary N) is 1. The molecule has 2 aromatic heterocycles. The van der Waals surface area contributed by atoms with Crippen molar-refractivity contribution in [3.8, 4) is 11.8 Å². The number of hydrogen-bond acceptors (Lipinski definition) is 6. The van der Waals surface area contributed by atoms with E-state index in [2.05, 4.69) is 16.8 Å². The predicted molar refractivity (Wildman–Crippen MR) is 143 cm³/mol. The molecule has 2 aromatic carbocycles. The number of sulfonamides is 1. The van der Waals surface area contributed by atoms with Crippen LogP contribution >= 0.6 is 0 Å². The number of fused-ring (bicyclic) bond motifs is 1. The van der Waals surface area contributed by atoms with Crippen molar-refractivity contribution in [1.82, 2.24) is 9.55 Å². The van der Waals surface area contributed by atoms with E-state index in [9.17, 15) is 17.6 Å². The SMILES string of the molecule is C[C@H](c1ccccc1C#C[C@H]1CCCC[C@@H]1N)n1c(=O)oc2cc(S(=O)(=O)Nc3cccc(F)n3)c(F)cc21. The van der Waals surface area contributed by atoms with Gasteiger partial charge in [-0.05, 0) is 43.5 Å². The van der Waals surface area contributed by atoms with Gasteiger partial charge in [0.15, 0.2) is 5.58 Å². The van der Waals surface area contributed by atoms with Gasteiger partial charge in [0.25, 0.3) is 10.0 Å². The van der Waals surface area contributed by atoms with Crippen LogP contribution in [-0.4, -0.2) is 24.0 Å². The zero-order valence-corrected chi connectivity index (χ0v) is 21.8. The summed E-state index contributed by atoms with van der Waals surface area (Å²) in [6.45, 7) is 1.75. The van der Waals surface area contributed by atoms with E-state index in [4.69, 9.17) is 10.2 Å². The third-order valence-electron chi connectivity index (χ3n) is 6.92. The molecule has 1 fully saturated rings. The van der Waals surface area contributed by atoms with Gasteiger partial charge >= 0.3 is 5.76 Å². The second kappa shape index (κ2) is 10.6. The highest BCUT2D eigenvalue weighted by molar-refractivity contribution is 7.92. The summed E-state index contributed by atoms with van der Waals surface area (Å²) < 4.78 is 62.9. The number of nitrogens with zero attached hydrogens (tertiary/aromatic N) is 2. The topological polar surface area (TPSA) is 120 Å². The number of hydrogen-bond donors (Lipinski definition) is 2. The first-order valence-corrected chi connectivity index (χ1v) is 14.0. The molecule has 0 spiro atoms. The Morgan fingerprint density at radius 3 is 2.67 bits per heavy atom. The minimum Gasteiger partial charge on any atom is -0.408 e. The molecular formula is C28H26F2N4O4S. The standard InChI is InChI=1S/C28H26F2N4O4S/c1-17(20-9-4-2-7-18(20)13-14-19-8-3-5-10-22(19)31)34-23-15-21(29)25(16-24(23)38-28(34)35)39(36,37)33-27-12-6-11-26(30)32-27/h2,4,6-7,9,11-12,15-17,19,22H,3,5,8,10,31H2,1H3,(H,32,33)/t17-,19-,22+/m1/s1. The molecule has 3 N–H and O–H groups in total. The molecule has 11 heteroatoms. The van der Waals surface area contributed by atoms with Crippen molar-refractivity contribution in [3.63, 3.8) is 0 Å². The largest absolute Gasteiger partial charge is 0.420 e. The third-order valence-corrected chi connectivity index (χ3v) is 8.29. The molecular weight excluding hydrogens is 526 g/mol.